The molecule has 3 rings (SSSR count). The lowest BCUT2D eigenvalue weighted by Crippen LogP contribution is -2.09. The van der Waals surface area contributed by atoms with E-state index in [0.29, 0.717) is 17.9 Å². The van der Waals surface area contributed by atoms with Gasteiger partial charge in [-0.3, -0.25) is 0 Å². The minimum absolute atomic E-state index is 0.0312. The molecule has 0 aliphatic heterocycles. The lowest BCUT2D eigenvalue weighted by atomic mass is 9.87. The molecule has 3 nitrogen and oxygen atoms in total. The summed E-state index contributed by atoms with van der Waals surface area (Å²) in [4.78, 5) is 3.79. The second-order valence-corrected chi connectivity index (χ2v) is 5.41. The van der Waals surface area contributed by atoms with Gasteiger partial charge in [0.2, 0.25) is 5.88 Å². The highest BCUT2D eigenvalue weighted by molar-refractivity contribution is 5.70. The lowest BCUT2D eigenvalue weighted by Gasteiger charge is -2.21. The van der Waals surface area contributed by atoms with Gasteiger partial charge in [-0.15, -0.1) is 0 Å². The summed E-state index contributed by atoms with van der Waals surface area (Å²) in [6, 6.07) is 10.1. The standard InChI is InChI=1S/C18H18FNO2/c19-17-8-4-3-7-16(17)15-6-2-1-5-13(15)12-22-14-9-10-18(21)20-11-14/h3-4,7-11H,1-2,5-6,12H2,(H,20,21). The fraction of sp³-hybridized carbons (Fsp3) is 0.278. The number of benzene rings is 1. The molecule has 0 radical (unpaired) electrons. The van der Waals surface area contributed by atoms with Crippen molar-refractivity contribution in [2.75, 3.05) is 6.61 Å². The molecule has 0 unspecified atom stereocenters. The van der Waals surface area contributed by atoms with E-state index in [4.69, 9.17) is 4.74 Å². The monoisotopic (exact) mass is 299 g/mol. The molecule has 0 atom stereocenters. The Kier molecular flexibility index (Phi) is 4.37. The molecule has 0 amide bonds. The molecule has 0 bridgehead atoms. The summed E-state index contributed by atoms with van der Waals surface area (Å²) in [7, 11) is 0. The molecular formula is C18H18FNO2. The molecule has 4 heteroatoms. The van der Waals surface area contributed by atoms with Gasteiger partial charge in [0.1, 0.15) is 18.2 Å². The fourth-order valence-corrected chi connectivity index (χ4v) is 2.79. The summed E-state index contributed by atoms with van der Waals surface area (Å²) in [6.07, 6.45) is 5.47. The van der Waals surface area contributed by atoms with Crippen LogP contribution >= 0.6 is 0 Å². The number of aromatic nitrogens is 1. The van der Waals surface area contributed by atoms with Gasteiger partial charge in [0, 0.05) is 11.6 Å². The van der Waals surface area contributed by atoms with Crippen LogP contribution in [0.15, 0.2) is 48.2 Å². The number of hydrogen-bond acceptors (Lipinski definition) is 3. The lowest BCUT2D eigenvalue weighted by molar-refractivity contribution is 0.341. The highest BCUT2D eigenvalue weighted by Gasteiger charge is 2.17. The largest absolute Gasteiger partial charge is 0.493 e. The second kappa shape index (κ2) is 6.60. The number of pyridine rings is 1. The van der Waals surface area contributed by atoms with Crippen LogP contribution in [0.4, 0.5) is 4.39 Å². The van der Waals surface area contributed by atoms with E-state index in [2.05, 4.69) is 4.98 Å². The second-order valence-electron chi connectivity index (χ2n) is 5.41. The van der Waals surface area contributed by atoms with Gasteiger partial charge in [0.15, 0.2) is 0 Å². The Hall–Kier alpha value is -2.36. The van der Waals surface area contributed by atoms with Gasteiger partial charge in [-0.2, -0.15) is 0 Å². The predicted octanol–water partition coefficient (Wildman–Crippen LogP) is 4.33. The van der Waals surface area contributed by atoms with E-state index in [1.807, 2.05) is 12.1 Å². The summed E-state index contributed by atoms with van der Waals surface area (Å²) in [5.41, 5.74) is 2.89. The van der Waals surface area contributed by atoms with Crippen molar-refractivity contribution in [3.8, 4) is 11.6 Å². The summed E-state index contributed by atoms with van der Waals surface area (Å²) < 4.78 is 19.8. The van der Waals surface area contributed by atoms with Crippen molar-refractivity contribution in [1.29, 1.82) is 0 Å². The van der Waals surface area contributed by atoms with Crippen LogP contribution in [0, 0.1) is 5.82 Å². The van der Waals surface area contributed by atoms with Crippen LogP contribution in [0.5, 0.6) is 11.6 Å². The first kappa shape index (κ1) is 14.6. The first-order chi connectivity index (χ1) is 10.7. The Morgan fingerprint density at radius 1 is 1.09 bits per heavy atom. The molecule has 1 heterocycles. The van der Waals surface area contributed by atoms with E-state index < -0.39 is 0 Å². The SMILES string of the molecule is Oc1ccc(OCC2=C(c3ccccc3F)CCCC2)cn1. The number of aromatic hydroxyl groups is 1. The molecule has 0 saturated carbocycles. The molecule has 0 spiro atoms. The molecule has 1 aliphatic carbocycles. The van der Waals surface area contributed by atoms with E-state index >= 15 is 0 Å². The van der Waals surface area contributed by atoms with Crippen molar-refractivity contribution in [3.05, 3.63) is 59.5 Å². The zero-order chi connectivity index (χ0) is 15.4. The minimum atomic E-state index is -0.178. The Balaban J connectivity index is 1.82. The smallest absolute Gasteiger partial charge is 0.210 e. The van der Waals surface area contributed by atoms with Crippen molar-refractivity contribution >= 4 is 5.57 Å². The summed E-state index contributed by atoms with van der Waals surface area (Å²) in [5, 5.41) is 9.18. The van der Waals surface area contributed by atoms with Crippen LogP contribution < -0.4 is 4.74 Å². The number of halogens is 1. The molecule has 0 fully saturated rings. The summed E-state index contributed by atoms with van der Waals surface area (Å²) >= 11 is 0. The fourth-order valence-electron chi connectivity index (χ4n) is 2.79. The quantitative estimate of drug-likeness (QED) is 0.913. The van der Waals surface area contributed by atoms with Gasteiger partial charge < -0.3 is 9.84 Å². The highest BCUT2D eigenvalue weighted by atomic mass is 19.1. The average molecular weight is 299 g/mol. The third-order valence-corrected chi connectivity index (χ3v) is 3.91. The molecule has 114 valence electrons. The van der Waals surface area contributed by atoms with Crippen molar-refractivity contribution in [2.24, 2.45) is 0 Å². The molecule has 1 N–H and O–H groups in total. The summed E-state index contributed by atoms with van der Waals surface area (Å²) in [5.74, 6) is 0.392. The van der Waals surface area contributed by atoms with Gasteiger partial charge >= 0.3 is 0 Å². The van der Waals surface area contributed by atoms with Crippen LogP contribution in [0.1, 0.15) is 31.2 Å². The molecule has 2 aromatic rings. The first-order valence-electron chi connectivity index (χ1n) is 7.47. The number of ether oxygens (including phenoxy) is 1. The Morgan fingerprint density at radius 3 is 2.68 bits per heavy atom. The molecule has 1 aliphatic rings. The number of allylic oxidation sites excluding steroid dienone is 1. The van der Waals surface area contributed by atoms with Crippen molar-refractivity contribution < 1.29 is 14.2 Å². The maximum Gasteiger partial charge on any atom is 0.210 e. The predicted molar refractivity (Wildman–Crippen MR) is 83.2 cm³/mol. The van der Waals surface area contributed by atoms with Gasteiger partial charge in [0.05, 0.1) is 6.20 Å². The van der Waals surface area contributed by atoms with Crippen LogP contribution in [0.25, 0.3) is 5.57 Å². The Bertz CT molecular complexity index is 680. The minimum Gasteiger partial charge on any atom is -0.493 e. The highest BCUT2D eigenvalue weighted by Crippen LogP contribution is 2.33. The van der Waals surface area contributed by atoms with Crippen molar-refractivity contribution in [2.45, 2.75) is 25.7 Å². The first-order valence-corrected chi connectivity index (χ1v) is 7.47. The Morgan fingerprint density at radius 2 is 1.91 bits per heavy atom. The molecule has 0 saturated heterocycles. The third kappa shape index (κ3) is 3.27. The van der Waals surface area contributed by atoms with Crippen LogP contribution in [-0.4, -0.2) is 16.7 Å². The van der Waals surface area contributed by atoms with Crippen LogP contribution in [0.3, 0.4) is 0 Å². The van der Waals surface area contributed by atoms with E-state index in [-0.39, 0.29) is 11.7 Å². The zero-order valence-corrected chi connectivity index (χ0v) is 12.3. The maximum atomic E-state index is 14.0. The zero-order valence-electron chi connectivity index (χ0n) is 12.3. The molecule has 1 aromatic heterocycles. The van der Waals surface area contributed by atoms with Crippen LogP contribution in [0.2, 0.25) is 0 Å². The van der Waals surface area contributed by atoms with E-state index in [9.17, 15) is 9.50 Å². The Labute approximate surface area is 129 Å². The van der Waals surface area contributed by atoms with Crippen LogP contribution in [-0.2, 0) is 0 Å². The summed E-state index contributed by atoms with van der Waals surface area (Å²) in [6.45, 7) is 0.427. The molecule has 22 heavy (non-hydrogen) atoms. The van der Waals surface area contributed by atoms with Crippen molar-refractivity contribution in [1.82, 2.24) is 4.98 Å². The molecular weight excluding hydrogens is 281 g/mol. The number of nitrogens with zero attached hydrogens (tertiary/aromatic N) is 1. The van der Waals surface area contributed by atoms with E-state index in [1.165, 1.54) is 18.3 Å². The van der Waals surface area contributed by atoms with E-state index in [0.717, 1.165) is 36.8 Å². The maximum absolute atomic E-state index is 14.0. The van der Waals surface area contributed by atoms with Gasteiger partial charge in [-0.1, -0.05) is 18.2 Å². The van der Waals surface area contributed by atoms with Gasteiger partial charge in [-0.05, 0) is 49.0 Å². The molecule has 1 aromatic carbocycles. The number of rotatable bonds is 4. The van der Waals surface area contributed by atoms with Gasteiger partial charge in [-0.25, -0.2) is 9.37 Å². The normalized spacial score (nSPS) is 15.0. The van der Waals surface area contributed by atoms with Gasteiger partial charge in [0.25, 0.3) is 0 Å². The van der Waals surface area contributed by atoms with Crippen molar-refractivity contribution in [3.63, 3.8) is 0 Å². The topological polar surface area (TPSA) is 42.4 Å². The third-order valence-electron chi connectivity index (χ3n) is 3.91. The van der Waals surface area contributed by atoms with E-state index in [1.54, 1.807) is 12.1 Å². The number of hydrogen-bond donors (Lipinski definition) is 1. The average Bonchev–Trinajstić information content (AvgIpc) is 2.55.